The Balaban J connectivity index is 1.69. The summed E-state index contributed by atoms with van der Waals surface area (Å²) in [5.41, 5.74) is 1.43. The monoisotopic (exact) mass is 451 g/mol. The van der Waals surface area contributed by atoms with Gasteiger partial charge in [0.25, 0.3) is 5.91 Å². The Kier molecular flexibility index (Phi) is 8.46. The summed E-state index contributed by atoms with van der Waals surface area (Å²) < 4.78 is 5.20. The number of carbonyl (C=O) groups is 3. The third-order valence-electron chi connectivity index (χ3n) is 5.79. The number of ether oxygens (including phenoxy) is 1. The molecule has 3 rings (SSSR count). The summed E-state index contributed by atoms with van der Waals surface area (Å²) in [6.45, 7) is 4.93. The summed E-state index contributed by atoms with van der Waals surface area (Å²) in [5, 5.41) is 5.84. The molecule has 7 nitrogen and oxygen atoms in total. The molecule has 0 aliphatic carbocycles. The third kappa shape index (κ3) is 6.57. The molecule has 176 valence electrons. The number of nitrogens with zero attached hydrogens (tertiary/aromatic N) is 1. The van der Waals surface area contributed by atoms with Crippen LogP contribution < -0.4 is 15.4 Å². The molecule has 0 spiro atoms. The minimum absolute atomic E-state index is 0.160. The van der Waals surface area contributed by atoms with Crippen molar-refractivity contribution in [1.29, 1.82) is 0 Å². The minimum Gasteiger partial charge on any atom is -0.497 e. The molecule has 0 aromatic heterocycles. The predicted octanol–water partition coefficient (Wildman–Crippen LogP) is 3.15. The molecule has 1 aliphatic rings. The number of rotatable bonds is 9. The fourth-order valence-electron chi connectivity index (χ4n) is 4.10. The summed E-state index contributed by atoms with van der Waals surface area (Å²) in [5.74, 6) is 0.0585. The minimum atomic E-state index is -0.703. The first-order valence-corrected chi connectivity index (χ1v) is 11.5. The predicted molar refractivity (Wildman–Crippen MR) is 127 cm³/mol. The van der Waals surface area contributed by atoms with Gasteiger partial charge in [-0.1, -0.05) is 50.2 Å². The molecule has 0 radical (unpaired) electrons. The van der Waals surface area contributed by atoms with Gasteiger partial charge >= 0.3 is 0 Å². The molecule has 2 aromatic carbocycles. The van der Waals surface area contributed by atoms with Gasteiger partial charge in [0, 0.05) is 18.7 Å². The van der Waals surface area contributed by atoms with Crippen LogP contribution >= 0.6 is 0 Å². The van der Waals surface area contributed by atoms with Crippen molar-refractivity contribution in [2.45, 2.75) is 51.7 Å². The summed E-state index contributed by atoms with van der Waals surface area (Å²) in [6, 6.07) is 15.3. The van der Waals surface area contributed by atoms with E-state index in [1.54, 1.807) is 36.3 Å². The highest BCUT2D eigenvalue weighted by Crippen LogP contribution is 2.21. The normalized spacial score (nSPS) is 16.4. The van der Waals surface area contributed by atoms with E-state index < -0.39 is 12.1 Å². The van der Waals surface area contributed by atoms with Crippen LogP contribution in [-0.4, -0.2) is 48.4 Å². The van der Waals surface area contributed by atoms with Crippen molar-refractivity contribution in [3.8, 4) is 5.75 Å². The fourth-order valence-corrected chi connectivity index (χ4v) is 4.10. The summed E-state index contributed by atoms with van der Waals surface area (Å²) in [4.78, 5) is 40.9. The van der Waals surface area contributed by atoms with E-state index in [0.717, 1.165) is 12.0 Å². The highest BCUT2D eigenvalue weighted by molar-refractivity contribution is 5.98. The number of benzene rings is 2. The van der Waals surface area contributed by atoms with Gasteiger partial charge in [-0.15, -0.1) is 0 Å². The van der Waals surface area contributed by atoms with Crippen molar-refractivity contribution in [1.82, 2.24) is 15.5 Å². The number of carbonyl (C=O) groups excluding carboxylic acids is 3. The molecule has 0 unspecified atom stereocenters. The van der Waals surface area contributed by atoms with Crippen LogP contribution in [0, 0.1) is 5.92 Å². The maximum atomic E-state index is 13.5. The topological polar surface area (TPSA) is 87.7 Å². The Hall–Kier alpha value is -3.35. The van der Waals surface area contributed by atoms with Gasteiger partial charge in [0.05, 0.1) is 7.11 Å². The second-order valence-electron chi connectivity index (χ2n) is 8.78. The van der Waals surface area contributed by atoms with Crippen LogP contribution in [0.15, 0.2) is 54.6 Å². The lowest BCUT2D eigenvalue weighted by Crippen LogP contribution is -2.53. The molecule has 2 aromatic rings. The summed E-state index contributed by atoms with van der Waals surface area (Å²) >= 11 is 0. The Morgan fingerprint density at radius 2 is 1.85 bits per heavy atom. The van der Waals surface area contributed by atoms with Crippen LogP contribution in [0.25, 0.3) is 0 Å². The zero-order chi connectivity index (χ0) is 23.8. The number of methoxy groups -OCH3 is 1. The van der Waals surface area contributed by atoms with Gasteiger partial charge in [-0.05, 0) is 48.9 Å². The molecule has 0 saturated carbocycles. The first-order valence-electron chi connectivity index (χ1n) is 11.5. The zero-order valence-corrected chi connectivity index (χ0v) is 19.5. The smallest absolute Gasteiger partial charge is 0.252 e. The summed E-state index contributed by atoms with van der Waals surface area (Å²) in [6.07, 6.45) is 1.86. The Morgan fingerprint density at radius 1 is 1.09 bits per heavy atom. The van der Waals surface area contributed by atoms with E-state index in [2.05, 4.69) is 10.6 Å². The fraction of sp³-hybridized carbons (Fsp3) is 0.423. The van der Waals surface area contributed by atoms with Crippen LogP contribution in [0.2, 0.25) is 0 Å². The maximum absolute atomic E-state index is 13.5. The highest BCUT2D eigenvalue weighted by atomic mass is 16.5. The van der Waals surface area contributed by atoms with Crippen molar-refractivity contribution in [2.75, 3.05) is 13.7 Å². The SMILES string of the molecule is COc1cccc(C(=O)N[C@@H](CC(C)C)C(=O)N2CCC[C@H]2C(=O)NCc2ccccc2)c1. The number of likely N-dealkylation sites (tertiary alicyclic amines) is 1. The van der Waals surface area contributed by atoms with Gasteiger partial charge < -0.3 is 20.3 Å². The molecular weight excluding hydrogens is 418 g/mol. The van der Waals surface area contributed by atoms with Crippen LogP contribution in [0.4, 0.5) is 0 Å². The van der Waals surface area contributed by atoms with Gasteiger partial charge in [0.2, 0.25) is 11.8 Å². The molecule has 0 bridgehead atoms. The Bertz CT molecular complexity index is 961. The van der Waals surface area contributed by atoms with E-state index in [9.17, 15) is 14.4 Å². The van der Waals surface area contributed by atoms with Crippen molar-refractivity contribution in [3.05, 3.63) is 65.7 Å². The average Bonchev–Trinajstić information content (AvgIpc) is 3.32. The van der Waals surface area contributed by atoms with Gasteiger partial charge in [-0.2, -0.15) is 0 Å². The molecule has 7 heteroatoms. The Morgan fingerprint density at radius 3 is 2.55 bits per heavy atom. The number of amides is 3. The first-order chi connectivity index (χ1) is 15.9. The van der Waals surface area contributed by atoms with Crippen LogP contribution in [-0.2, 0) is 16.1 Å². The van der Waals surface area contributed by atoms with Crippen molar-refractivity contribution < 1.29 is 19.1 Å². The second kappa shape index (κ2) is 11.5. The standard InChI is InChI=1S/C26H33N3O4/c1-18(2)15-22(28-24(30)20-11-7-12-21(16-20)33-3)26(32)29-14-8-13-23(29)25(31)27-17-19-9-5-4-6-10-19/h4-7,9-12,16,18,22-23H,8,13-15,17H2,1-3H3,(H,27,31)(H,28,30)/t22-,23-/m0/s1. The molecule has 3 amide bonds. The number of hydrogen-bond acceptors (Lipinski definition) is 4. The number of nitrogens with one attached hydrogen (secondary N) is 2. The average molecular weight is 452 g/mol. The zero-order valence-electron chi connectivity index (χ0n) is 19.5. The Labute approximate surface area is 195 Å². The van der Waals surface area contributed by atoms with Crippen molar-refractivity contribution in [2.24, 2.45) is 5.92 Å². The third-order valence-corrected chi connectivity index (χ3v) is 5.79. The molecule has 2 atom stereocenters. The van der Waals surface area contributed by atoms with Gasteiger partial charge in [0.15, 0.2) is 0 Å². The lowest BCUT2D eigenvalue weighted by atomic mass is 10.0. The second-order valence-corrected chi connectivity index (χ2v) is 8.78. The molecule has 1 heterocycles. The first kappa shape index (κ1) is 24.3. The van der Waals surface area contributed by atoms with Gasteiger partial charge in [-0.25, -0.2) is 0 Å². The van der Waals surface area contributed by atoms with E-state index >= 15 is 0 Å². The van der Waals surface area contributed by atoms with Crippen molar-refractivity contribution >= 4 is 17.7 Å². The van der Waals surface area contributed by atoms with E-state index in [-0.39, 0.29) is 23.6 Å². The van der Waals surface area contributed by atoms with Crippen LogP contribution in [0.3, 0.4) is 0 Å². The van der Waals surface area contributed by atoms with E-state index in [1.165, 1.54) is 0 Å². The molecule has 33 heavy (non-hydrogen) atoms. The molecule has 1 fully saturated rings. The molecule has 1 saturated heterocycles. The molecule has 1 aliphatic heterocycles. The maximum Gasteiger partial charge on any atom is 0.252 e. The molecule has 2 N–H and O–H groups in total. The van der Waals surface area contributed by atoms with E-state index in [4.69, 9.17) is 4.74 Å². The largest absolute Gasteiger partial charge is 0.497 e. The van der Waals surface area contributed by atoms with Crippen LogP contribution in [0.5, 0.6) is 5.75 Å². The van der Waals surface area contributed by atoms with E-state index in [1.807, 2.05) is 44.2 Å². The highest BCUT2D eigenvalue weighted by Gasteiger charge is 2.37. The number of hydrogen-bond donors (Lipinski definition) is 2. The van der Waals surface area contributed by atoms with Gasteiger partial charge in [-0.3, -0.25) is 14.4 Å². The quantitative estimate of drug-likeness (QED) is 0.613. The summed E-state index contributed by atoms with van der Waals surface area (Å²) in [7, 11) is 1.54. The van der Waals surface area contributed by atoms with E-state index in [0.29, 0.717) is 37.2 Å². The van der Waals surface area contributed by atoms with Crippen LogP contribution in [0.1, 0.15) is 49.0 Å². The van der Waals surface area contributed by atoms with Gasteiger partial charge in [0.1, 0.15) is 17.8 Å². The lowest BCUT2D eigenvalue weighted by molar-refractivity contribution is -0.140. The lowest BCUT2D eigenvalue weighted by Gasteiger charge is -2.29. The van der Waals surface area contributed by atoms with Crippen molar-refractivity contribution in [3.63, 3.8) is 0 Å². The molecular formula is C26H33N3O4.